The van der Waals surface area contributed by atoms with Crippen LogP contribution in [0.3, 0.4) is 0 Å². The van der Waals surface area contributed by atoms with Crippen LogP contribution in [-0.2, 0) is 0 Å². The largest absolute Gasteiger partial charge is 0.387 e. The highest BCUT2D eigenvalue weighted by Gasteiger charge is 2.61. The lowest BCUT2D eigenvalue weighted by Gasteiger charge is -2.24. The summed E-state index contributed by atoms with van der Waals surface area (Å²) in [6.07, 6.45) is -0.508. The fraction of sp³-hybridized carbons (Fsp3) is 0.600. The Balaban J connectivity index is 1.57. The van der Waals surface area contributed by atoms with E-state index in [2.05, 4.69) is 18.7 Å². The number of aliphatic hydroxyl groups excluding tert-OH is 1. The standard InChI is InChI=1S/C15H20FNO/c1-15(2)12-7-17(8-13(12)15)9-14(18)10-3-5-11(16)6-4-10/h3-6,12-14,18H,7-9H2,1-2H3. The second-order valence-corrected chi connectivity index (χ2v) is 6.32. The number of β-amino-alcohol motifs (C(OH)–C–C–N with tert-alkyl or cyclic N) is 1. The zero-order chi connectivity index (χ0) is 12.9. The van der Waals surface area contributed by atoms with Crippen molar-refractivity contribution in [3.8, 4) is 0 Å². The summed E-state index contributed by atoms with van der Waals surface area (Å²) in [7, 11) is 0. The Kier molecular flexibility index (Phi) is 2.72. The molecular formula is C15H20FNO. The van der Waals surface area contributed by atoms with Crippen molar-refractivity contribution >= 4 is 0 Å². The summed E-state index contributed by atoms with van der Waals surface area (Å²) in [6, 6.07) is 6.15. The summed E-state index contributed by atoms with van der Waals surface area (Å²) in [5, 5.41) is 10.1. The summed E-state index contributed by atoms with van der Waals surface area (Å²) in [4.78, 5) is 2.33. The van der Waals surface area contributed by atoms with Crippen LogP contribution in [0.5, 0.6) is 0 Å². The van der Waals surface area contributed by atoms with Gasteiger partial charge in [0, 0.05) is 19.6 Å². The van der Waals surface area contributed by atoms with E-state index in [1.807, 2.05) is 0 Å². The molecule has 3 atom stereocenters. The predicted octanol–water partition coefficient (Wildman–Crippen LogP) is 2.45. The smallest absolute Gasteiger partial charge is 0.123 e. The molecule has 0 amide bonds. The number of hydrogen-bond donors (Lipinski definition) is 1. The van der Waals surface area contributed by atoms with Gasteiger partial charge in [-0.3, -0.25) is 4.90 Å². The topological polar surface area (TPSA) is 23.5 Å². The molecule has 3 rings (SSSR count). The molecule has 1 saturated carbocycles. The third kappa shape index (κ3) is 1.95. The lowest BCUT2D eigenvalue weighted by Crippen LogP contribution is -2.30. The molecule has 2 aliphatic rings. The van der Waals surface area contributed by atoms with Crippen LogP contribution in [0, 0.1) is 23.1 Å². The molecule has 0 radical (unpaired) electrons. The van der Waals surface area contributed by atoms with Crippen molar-refractivity contribution in [3.05, 3.63) is 35.6 Å². The fourth-order valence-corrected chi connectivity index (χ4v) is 3.40. The fourth-order valence-electron chi connectivity index (χ4n) is 3.40. The molecule has 18 heavy (non-hydrogen) atoms. The Bertz CT molecular complexity index is 428. The van der Waals surface area contributed by atoms with E-state index in [0.29, 0.717) is 12.0 Å². The van der Waals surface area contributed by atoms with E-state index < -0.39 is 6.10 Å². The second-order valence-electron chi connectivity index (χ2n) is 6.32. The molecule has 1 aromatic carbocycles. The molecule has 3 unspecified atom stereocenters. The lowest BCUT2D eigenvalue weighted by molar-refractivity contribution is 0.113. The third-order valence-electron chi connectivity index (χ3n) is 4.88. The summed E-state index contributed by atoms with van der Waals surface area (Å²) >= 11 is 0. The van der Waals surface area contributed by atoms with Gasteiger partial charge in [-0.2, -0.15) is 0 Å². The van der Waals surface area contributed by atoms with Crippen LogP contribution in [0.2, 0.25) is 0 Å². The van der Waals surface area contributed by atoms with Crippen molar-refractivity contribution in [2.24, 2.45) is 17.3 Å². The van der Waals surface area contributed by atoms with Crippen molar-refractivity contribution < 1.29 is 9.50 Å². The molecule has 3 heteroatoms. The predicted molar refractivity (Wildman–Crippen MR) is 68.6 cm³/mol. The average molecular weight is 249 g/mol. The van der Waals surface area contributed by atoms with Crippen LogP contribution >= 0.6 is 0 Å². The van der Waals surface area contributed by atoms with Gasteiger partial charge in [0.05, 0.1) is 6.10 Å². The van der Waals surface area contributed by atoms with Crippen molar-refractivity contribution in [1.82, 2.24) is 4.90 Å². The highest BCUT2D eigenvalue weighted by atomic mass is 19.1. The molecular weight excluding hydrogens is 229 g/mol. The zero-order valence-electron chi connectivity index (χ0n) is 10.9. The minimum absolute atomic E-state index is 0.255. The van der Waals surface area contributed by atoms with E-state index in [0.717, 1.165) is 30.5 Å². The van der Waals surface area contributed by atoms with E-state index in [1.165, 1.54) is 12.1 Å². The van der Waals surface area contributed by atoms with E-state index in [4.69, 9.17) is 0 Å². The quantitative estimate of drug-likeness (QED) is 0.889. The summed E-state index contributed by atoms with van der Waals surface area (Å²) in [5.74, 6) is 1.35. The number of aliphatic hydroxyl groups is 1. The van der Waals surface area contributed by atoms with Gasteiger partial charge >= 0.3 is 0 Å². The van der Waals surface area contributed by atoms with Gasteiger partial charge in [-0.05, 0) is 34.9 Å². The average Bonchev–Trinajstić information content (AvgIpc) is 2.70. The minimum atomic E-state index is -0.508. The molecule has 2 nitrogen and oxygen atoms in total. The lowest BCUT2D eigenvalue weighted by atomic mass is 10.1. The van der Waals surface area contributed by atoms with Crippen LogP contribution in [0.15, 0.2) is 24.3 Å². The van der Waals surface area contributed by atoms with Gasteiger partial charge < -0.3 is 5.11 Å². The first-order valence-corrected chi connectivity index (χ1v) is 6.64. The Morgan fingerprint density at radius 1 is 1.28 bits per heavy atom. The summed E-state index contributed by atoms with van der Waals surface area (Å²) in [5.41, 5.74) is 1.31. The van der Waals surface area contributed by atoms with Gasteiger partial charge in [0.2, 0.25) is 0 Å². The number of fused-ring (bicyclic) bond motifs is 1. The SMILES string of the molecule is CC1(C)C2CN(CC(O)c3ccc(F)cc3)CC21. The van der Waals surface area contributed by atoms with Gasteiger partial charge in [-0.25, -0.2) is 4.39 Å². The van der Waals surface area contributed by atoms with Gasteiger partial charge in [-0.1, -0.05) is 26.0 Å². The molecule has 0 aromatic heterocycles. The Labute approximate surface area is 107 Å². The Morgan fingerprint density at radius 3 is 2.39 bits per heavy atom. The van der Waals surface area contributed by atoms with Crippen LogP contribution in [-0.4, -0.2) is 29.6 Å². The minimum Gasteiger partial charge on any atom is -0.387 e. The maximum atomic E-state index is 12.8. The summed E-state index contributed by atoms with van der Waals surface area (Å²) < 4.78 is 12.8. The molecule has 1 aliphatic carbocycles. The van der Waals surface area contributed by atoms with Gasteiger partial charge in [-0.15, -0.1) is 0 Å². The number of piperidine rings is 1. The van der Waals surface area contributed by atoms with Gasteiger partial charge in [0.15, 0.2) is 0 Å². The first kappa shape index (κ1) is 12.1. The monoisotopic (exact) mass is 249 g/mol. The number of rotatable bonds is 3. The maximum Gasteiger partial charge on any atom is 0.123 e. The number of likely N-dealkylation sites (tertiary alicyclic amines) is 1. The number of nitrogens with zero attached hydrogens (tertiary/aromatic N) is 1. The van der Waals surface area contributed by atoms with Gasteiger partial charge in [0.25, 0.3) is 0 Å². The molecule has 1 heterocycles. The molecule has 1 aliphatic heterocycles. The molecule has 0 spiro atoms. The third-order valence-corrected chi connectivity index (χ3v) is 4.88. The molecule has 1 aromatic rings. The molecule has 1 saturated heterocycles. The first-order chi connectivity index (χ1) is 8.48. The van der Waals surface area contributed by atoms with E-state index >= 15 is 0 Å². The molecule has 2 fully saturated rings. The summed E-state index contributed by atoms with van der Waals surface area (Å²) in [6.45, 7) is 7.51. The number of halogens is 1. The van der Waals surface area contributed by atoms with Crippen molar-refractivity contribution in [3.63, 3.8) is 0 Å². The van der Waals surface area contributed by atoms with Crippen LogP contribution in [0.4, 0.5) is 4.39 Å². The highest BCUT2D eigenvalue weighted by Crippen LogP contribution is 2.61. The normalized spacial score (nSPS) is 31.1. The Hall–Kier alpha value is -0.930. The Morgan fingerprint density at radius 2 is 1.83 bits per heavy atom. The molecule has 98 valence electrons. The maximum absolute atomic E-state index is 12.8. The van der Waals surface area contributed by atoms with Crippen LogP contribution in [0.1, 0.15) is 25.5 Å². The van der Waals surface area contributed by atoms with E-state index in [9.17, 15) is 9.50 Å². The number of benzene rings is 1. The highest BCUT2D eigenvalue weighted by molar-refractivity contribution is 5.19. The molecule has 1 N–H and O–H groups in total. The molecule has 0 bridgehead atoms. The van der Waals surface area contributed by atoms with E-state index in [1.54, 1.807) is 12.1 Å². The second kappa shape index (κ2) is 4.04. The van der Waals surface area contributed by atoms with Crippen molar-refractivity contribution in [2.45, 2.75) is 20.0 Å². The first-order valence-electron chi connectivity index (χ1n) is 6.64. The van der Waals surface area contributed by atoms with Crippen molar-refractivity contribution in [2.75, 3.05) is 19.6 Å². The van der Waals surface area contributed by atoms with E-state index in [-0.39, 0.29) is 5.82 Å². The van der Waals surface area contributed by atoms with Crippen molar-refractivity contribution in [1.29, 1.82) is 0 Å². The van der Waals surface area contributed by atoms with Crippen LogP contribution < -0.4 is 0 Å². The number of hydrogen-bond acceptors (Lipinski definition) is 2. The van der Waals surface area contributed by atoms with Crippen LogP contribution in [0.25, 0.3) is 0 Å². The zero-order valence-corrected chi connectivity index (χ0v) is 10.9. The van der Waals surface area contributed by atoms with Gasteiger partial charge in [0.1, 0.15) is 5.82 Å².